The molecule has 4 aromatic rings. The van der Waals surface area contributed by atoms with Crippen LogP contribution < -0.4 is 24.8 Å². The van der Waals surface area contributed by atoms with Crippen LogP contribution in [0.1, 0.15) is 69.2 Å². The van der Waals surface area contributed by atoms with Gasteiger partial charge in [0, 0.05) is 0 Å². The van der Waals surface area contributed by atoms with E-state index in [1.165, 1.54) is 50.2 Å². The van der Waals surface area contributed by atoms with Gasteiger partial charge in [-0.15, -0.1) is 56.9 Å². The van der Waals surface area contributed by atoms with Crippen molar-refractivity contribution >= 4 is 27.0 Å². The third kappa shape index (κ3) is 8.70. The summed E-state index contributed by atoms with van der Waals surface area (Å²) in [6.07, 6.45) is 9.19. The second-order valence-electron chi connectivity index (χ2n) is 9.05. The van der Waals surface area contributed by atoms with E-state index in [4.69, 9.17) is 0 Å². The molecule has 0 amide bonds. The van der Waals surface area contributed by atoms with Crippen LogP contribution in [-0.4, -0.2) is 5.49 Å². The van der Waals surface area contributed by atoms with E-state index in [9.17, 15) is 0 Å². The molecule has 0 unspecified atom stereocenters. The third-order valence-electron chi connectivity index (χ3n) is 6.97. The fourth-order valence-corrected chi connectivity index (χ4v) is 10.3. The molecule has 0 saturated carbocycles. The van der Waals surface area contributed by atoms with E-state index in [0.29, 0.717) is 5.49 Å². The van der Waals surface area contributed by atoms with Crippen molar-refractivity contribution < 1.29 is 47.8 Å². The van der Waals surface area contributed by atoms with E-state index in [-0.39, 0.29) is 24.8 Å². The number of aryl methyl sites for hydroxylation is 4. The number of hydrogen-bond donors (Lipinski definition) is 0. The van der Waals surface area contributed by atoms with Gasteiger partial charge in [-0.1, -0.05) is 63.8 Å². The van der Waals surface area contributed by atoms with Crippen LogP contribution >= 0.6 is 0 Å². The van der Waals surface area contributed by atoms with Gasteiger partial charge < -0.3 is 24.8 Å². The van der Waals surface area contributed by atoms with Crippen molar-refractivity contribution in [3.05, 3.63) is 82.9 Å². The Balaban J connectivity index is 0.000000266. The molecule has 1 heterocycles. The molecule has 0 spiro atoms. The average Bonchev–Trinajstić information content (AvgIpc) is 3.54. The number of fused-ring (bicyclic) bond motifs is 2. The van der Waals surface area contributed by atoms with Gasteiger partial charge in [0.1, 0.15) is 0 Å². The van der Waals surface area contributed by atoms with E-state index in [2.05, 4.69) is 88.4 Å². The van der Waals surface area contributed by atoms with Gasteiger partial charge in [0.25, 0.3) is 0 Å². The van der Waals surface area contributed by atoms with Crippen LogP contribution in [0.5, 0.6) is 0 Å². The van der Waals surface area contributed by atoms with Crippen LogP contribution in [-0.2, 0) is 48.7 Å². The van der Waals surface area contributed by atoms with E-state index < -0.39 is 0 Å². The van der Waals surface area contributed by atoms with Crippen molar-refractivity contribution in [2.24, 2.45) is 0 Å². The van der Waals surface area contributed by atoms with Crippen molar-refractivity contribution in [3.8, 4) is 0 Å². The molecule has 0 radical (unpaired) electrons. The molecular formula is C31H40Cl2HfSi-2. The van der Waals surface area contributed by atoms with E-state index in [1.54, 1.807) is 47.9 Å². The van der Waals surface area contributed by atoms with Gasteiger partial charge in [-0.3, -0.25) is 0 Å². The van der Waals surface area contributed by atoms with Gasteiger partial charge in [-0.05, 0) is 12.8 Å². The van der Waals surface area contributed by atoms with E-state index in [0.717, 1.165) is 25.7 Å². The molecule has 4 aromatic carbocycles. The first-order chi connectivity index (χ1) is 16.1. The molecule has 188 valence electrons. The summed E-state index contributed by atoms with van der Waals surface area (Å²) in [6.45, 7) is 8.86. The van der Waals surface area contributed by atoms with Gasteiger partial charge in [0.05, 0.1) is 0 Å². The minimum absolute atomic E-state index is 0. The molecule has 1 aliphatic rings. The molecule has 0 N–H and O–H groups in total. The molecule has 0 bridgehead atoms. The maximum atomic E-state index is 2.27. The minimum atomic E-state index is 0. The van der Waals surface area contributed by atoms with Crippen LogP contribution in [0.15, 0.2) is 60.7 Å². The summed E-state index contributed by atoms with van der Waals surface area (Å²) >= 11 is 1.55. The zero-order chi connectivity index (χ0) is 23.6. The number of benzene rings is 2. The molecule has 5 rings (SSSR count). The molecule has 0 nitrogen and oxygen atoms in total. The Hall–Kier alpha value is -0.673. The van der Waals surface area contributed by atoms with Gasteiger partial charge in [0.15, 0.2) is 0 Å². The average molecular weight is 690 g/mol. The maximum absolute atomic E-state index is 2.27. The molecule has 1 fully saturated rings. The summed E-state index contributed by atoms with van der Waals surface area (Å²) in [7, 11) is 0. The zero-order valence-electron chi connectivity index (χ0n) is 21.9. The summed E-state index contributed by atoms with van der Waals surface area (Å²) < 4.78 is 0. The Morgan fingerprint density at radius 1 is 0.600 bits per heavy atom. The Morgan fingerprint density at radius 3 is 1.29 bits per heavy atom. The normalized spacial score (nSPS) is 12.7. The van der Waals surface area contributed by atoms with Crippen molar-refractivity contribution in [1.29, 1.82) is 0 Å². The van der Waals surface area contributed by atoms with Gasteiger partial charge in [-0.25, -0.2) is 0 Å². The van der Waals surface area contributed by atoms with Crippen molar-refractivity contribution in [1.82, 2.24) is 0 Å². The topological polar surface area (TPSA) is 0 Å². The Kier molecular flexibility index (Phi) is 15.7. The number of halogens is 2. The van der Waals surface area contributed by atoms with Gasteiger partial charge in [0.2, 0.25) is 0 Å². The number of rotatable bonds is 4. The summed E-state index contributed by atoms with van der Waals surface area (Å²) in [5.41, 5.74) is 6.22. The molecule has 0 aromatic heterocycles. The molecule has 35 heavy (non-hydrogen) atoms. The number of hydrogen-bond acceptors (Lipinski definition) is 0. The fraction of sp³-hybridized carbons (Fsp3) is 0.419. The summed E-state index contributed by atoms with van der Waals surface area (Å²) in [5.74, 6) is 0. The first-order valence-electron chi connectivity index (χ1n) is 13.0. The van der Waals surface area contributed by atoms with E-state index >= 15 is 0 Å². The Bertz CT molecular complexity index is 1010. The Labute approximate surface area is 241 Å². The molecule has 1 saturated heterocycles. The van der Waals surface area contributed by atoms with Gasteiger partial charge >= 0.3 is 59.8 Å². The zero-order valence-corrected chi connectivity index (χ0v) is 28.0. The SMILES string of the molecule is CCc1ccc(CC)c2[cH-]ccc12.CCc1ccc(CC)c2[cH-]ccc12.[Cl-].[Cl-].[Hf+2]=[Si]1CCCCC1. The summed E-state index contributed by atoms with van der Waals surface area (Å²) in [4.78, 5) is 0. The first kappa shape index (κ1) is 32.4. The van der Waals surface area contributed by atoms with Crippen LogP contribution in [0.25, 0.3) is 21.5 Å². The molecule has 0 atom stereocenters. The predicted molar refractivity (Wildman–Crippen MR) is 146 cm³/mol. The van der Waals surface area contributed by atoms with Crippen molar-refractivity contribution in [2.45, 2.75) is 84.7 Å². The Morgan fingerprint density at radius 2 is 0.971 bits per heavy atom. The summed E-state index contributed by atoms with van der Waals surface area (Å²) in [6, 6.07) is 25.6. The van der Waals surface area contributed by atoms with E-state index in [1.807, 2.05) is 0 Å². The van der Waals surface area contributed by atoms with Crippen LogP contribution in [0.4, 0.5) is 0 Å². The molecule has 4 heteroatoms. The molecule has 0 aliphatic carbocycles. The van der Waals surface area contributed by atoms with Crippen LogP contribution in [0.2, 0.25) is 12.1 Å². The van der Waals surface area contributed by atoms with Crippen molar-refractivity contribution in [3.63, 3.8) is 0 Å². The second kappa shape index (κ2) is 17.0. The van der Waals surface area contributed by atoms with Crippen LogP contribution in [0.3, 0.4) is 0 Å². The fourth-order valence-electron chi connectivity index (χ4n) is 4.93. The quantitative estimate of drug-likeness (QED) is 0.229. The van der Waals surface area contributed by atoms with Crippen molar-refractivity contribution in [2.75, 3.05) is 0 Å². The predicted octanol–water partition coefficient (Wildman–Crippen LogP) is 3.08. The van der Waals surface area contributed by atoms with Gasteiger partial charge in [-0.2, -0.15) is 24.3 Å². The standard InChI is InChI=1S/2C13H15.C5H10Si.2ClH.Hf/c2*1-3-10-8-9-11(4-2)13-7-5-6-12(10)13;1-2-4-6-5-3-1;;;/h2*5-9H,3-4H2,1-2H3;1-5H2;2*1H;/q2*-1;;;;+2/p-2. The first-order valence-corrected chi connectivity index (χ1v) is 20.3. The third-order valence-corrected chi connectivity index (χ3v) is 14.3. The molecule has 1 aliphatic heterocycles. The molecular weight excluding hydrogens is 650 g/mol. The second-order valence-corrected chi connectivity index (χ2v) is 18.9. The monoisotopic (exact) mass is 690 g/mol. The summed E-state index contributed by atoms with van der Waals surface area (Å²) in [5, 5.41) is 5.78. The van der Waals surface area contributed by atoms with Crippen LogP contribution in [0, 0.1) is 0 Å².